The number of amides is 1. The van der Waals surface area contributed by atoms with E-state index in [2.05, 4.69) is 6.08 Å². The molecule has 0 atom stereocenters. The smallest absolute Gasteiger partial charge is 0.410 e. The molecule has 0 aliphatic carbocycles. The van der Waals surface area contributed by atoms with Crippen molar-refractivity contribution in [2.45, 2.75) is 39.2 Å². The Hall–Kier alpha value is -2.30. The van der Waals surface area contributed by atoms with Crippen molar-refractivity contribution in [3.63, 3.8) is 0 Å². The van der Waals surface area contributed by atoms with E-state index in [1.54, 1.807) is 29.2 Å². The average Bonchev–Trinajstić information content (AvgIpc) is 2.46. The molecule has 23 heavy (non-hydrogen) atoms. The van der Waals surface area contributed by atoms with Crippen molar-refractivity contribution in [3.05, 3.63) is 41.0 Å². The van der Waals surface area contributed by atoms with Gasteiger partial charge in [-0.25, -0.2) is 9.59 Å². The summed E-state index contributed by atoms with van der Waals surface area (Å²) in [5.74, 6) is -0.921. The van der Waals surface area contributed by atoms with Crippen LogP contribution in [-0.2, 0) is 4.74 Å². The Kier molecular flexibility index (Phi) is 5.08. The minimum absolute atomic E-state index is 0.262. The molecule has 0 saturated carbocycles. The van der Waals surface area contributed by atoms with Gasteiger partial charge in [0.1, 0.15) is 5.60 Å². The lowest BCUT2D eigenvalue weighted by Crippen LogP contribution is -2.40. The van der Waals surface area contributed by atoms with Crippen LogP contribution in [0.25, 0.3) is 6.08 Å². The highest BCUT2D eigenvalue weighted by Crippen LogP contribution is 2.21. The van der Waals surface area contributed by atoms with Crippen LogP contribution in [0.15, 0.2) is 29.8 Å². The Bertz CT molecular complexity index is 601. The van der Waals surface area contributed by atoms with Crippen LogP contribution >= 0.6 is 0 Å². The molecule has 1 N–H and O–H groups in total. The Morgan fingerprint density at radius 3 is 2.17 bits per heavy atom. The zero-order chi connectivity index (χ0) is 17.0. The van der Waals surface area contributed by atoms with Crippen molar-refractivity contribution in [3.8, 4) is 0 Å². The fourth-order valence-corrected chi connectivity index (χ4v) is 2.40. The van der Waals surface area contributed by atoms with E-state index in [4.69, 9.17) is 9.84 Å². The van der Waals surface area contributed by atoms with Crippen molar-refractivity contribution >= 4 is 18.1 Å². The largest absolute Gasteiger partial charge is 0.478 e. The van der Waals surface area contributed by atoms with E-state index in [0.717, 1.165) is 18.4 Å². The Balaban J connectivity index is 1.93. The first-order chi connectivity index (χ1) is 10.7. The molecule has 0 unspecified atom stereocenters. The van der Waals surface area contributed by atoms with Crippen molar-refractivity contribution < 1.29 is 19.4 Å². The number of carbonyl (C=O) groups excluding carboxylic acids is 1. The highest BCUT2D eigenvalue weighted by molar-refractivity contribution is 5.87. The molecule has 0 radical (unpaired) electrons. The van der Waals surface area contributed by atoms with E-state index in [1.807, 2.05) is 20.8 Å². The molecule has 1 fully saturated rings. The Morgan fingerprint density at radius 1 is 1.13 bits per heavy atom. The third kappa shape index (κ3) is 5.13. The minimum Gasteiger partial charge on any atom is -0.478 e. The molecule has 5 nitrogen and oxygen atoms in total. The summed E-state index contributed by atoms with van der Waals surface area (Å²) in [5, 5.41) is 8.89. The summed E-state index contributed by atoms with van der Waals surface area (Å²) in [7, 11) is 0. The maximum absolute atomic E-state index is 12.0. The highest BCUT2D eigenvalue weighted by atomic mass is 16.6. The summed E-state index contributed by atoms with van der Waals surface area (Å²) in [4.78, 5) is 24.6. The van der Waals surface area contributed by atoms with Crippen LogP contribution in [0, 0.1) is 0 Å². The lowest BCUT2D eigenvalue weighted by molar-refractivity contribution is 0.0236. The number of nitrogens with zero attached hydrogens (tertiary/aromatic N) is 1. The SMILES string of the molecule is CC(C)(C)OC(=O)N1CCC(=Cc2ccc(C(=O)O)cc2)CC1. The molecule has 1 aliphatic heterocycles. The monoisotopic (exact) mass is 317 g/mol. The summed E-state index contributed by atoms with van der Waals surface area (Å²) < 4.78 is 5.38. The molecular formula is C18H23NO4. The van der Waals surface area contributed by atoms with Gasteiger partial charge in [0.15, 0.2) is 0 Å². The van der Waals surface area contributed by atoms with Crippen LogP contribution in [0.3, 0.4) is 0 Å². The molecule has 1 heterocycles. The second-order valence-electron chi connectivity index (χ2n) is 6.70. The van der Waals surface area contributed by atoms with Crippen molar-refractivity contribution in [2.75, 3.05) is 13.1 Å². The molecule has 0 spiro atoms. The number of hydrogen-bond acceptors (Lipinski definition) is 3. The van der Waals surface area contributed by atoms with Crippen LogP contribution in [0.5, 0.6) is 0 Å². The lowest BCUT2D eigenvalue weighted by Gasteiger charge is -2.31. The molecule has 1 saturated heterocycles. The van der Waals surface area contributed by atoms with Gasteiger partial charge in [0.05, 0.1) is 5.56 Å². The van der Waals surface area contributed by atoms with Crippen LogP contribution in [0.1, 0.15) is 49.5 Å². The van der Waals surface area contributed by atoms with Gasteiger partial charge in [-0.3, -0.25) is 0 Å². The average molecular weight is 317 g/mol. The number of benzene rings is 1. The van der Waals surface area contributed by atoms with Crippen molar-refractivity contribution in [1.82, 2.24) is 4.90 Å². The number of piperidine rings is 1. The Morgan fingerprint density at radius 2 is 1.70 bits per heavy atom. The summed E-state index contributed by atoms with van der Waals surface area (Å²) in [6.45, 7) is 6.88. The molecule has 124 valence electrons. The van der Waals surface area contributed by atoms with E-state index in [9.17, 15) is 9.59 Å². The van der Waals surface area contributed by atoms with Gasteiger partial charge in [0.2, 0.25) is 0 Å². The number of rotatable bonds is 2. The second kappa shape index (κ2) is 6.86. The molecule has 1 aromatic rings. The van der Waals surface area contributed by atoms with Crippen LogP contribution in [0.4, 0.5) is 4.79 Å². The zero-order valence-corrected chi connectivity index (χ0v) is 13.8. The molecule has 0 aromatic heterocycles. The summed E-state index contributed by atoms with van der Waals surface area (Å²) in [6, 6.07) is 6.81. The number of carboxylic acid groups (broad SMARTS) is 1. The number of carbonyl (C=O) groups is 2. The fraction of sp³-hybridized carbons (Fsp3) is 0.444. The molecular weight excluding hydrogens is 294 g/mol. The molecule has 5 heteroatoms. The van der Waals surface area contributed by atoms with E-state index < -0.39 is 11.6 Å². The molecule has 1 amide bonds. The highest BCUT2D eigenvalue weighted by Gasteiger charge is 2.24. The van der Waals surface area contributed by atoms with Crippen LogP contribution in [-0.4, -0.2) is 40.8 Å². The summed E-state index contributed by atoms with van der Waals surface area (Å²) >= 11 is 0. The summed E-state index contributed by atoms with van der Waals surface area (Å²) in [5.41, 5.74) is 2.05. The molecule has 2 rings (SSSR count). The predicted octanol–water partition coefficient (Wildman–Crippen LogP) is 3.80. The topological polar surface area (TPSA) is 66.8 Å². The number of likely N-dealkylation sites (tertiary alicyclic amines) is 1. The van der Waals surface area contributed by atoms with Gasteiger partial charge in [0.25, 0.3) is 0 Å². The number of ether oxygens (including phenoxy) is 1. The fourth-order valence-electron chi connectivity index (χ4n) is 2.40. The maximum Gasteiger partial charge on any atom is 0.410 e. The number of aromatic carboxylic acids is 1. The van der Waals surface area contributed by atoms with Crippen molar-refractivity contribution in [1.29, 1.82) is 0 Å². The Labute approximate surface area is 136 Å². The molecule has 0 bridgehead atoms. The van der Waals surface area contributed by atoms with E-state index >= 15 is 0 Å². The van der Waals surface area contributed by atoms with E-state index in [0.29, 0.717) is 13.1 Å². The standard InChI is InChI=1S/C18H23NO4/c1-18(2,3)23-17(22)19-10-8-14(9-11-19)12-13-4-6-15(7-5-13)16(20)21/h4-7,12H,8-11H2,1-3H3,(H,20,21). The summed E-state index contributed by atoms with van der Waals surface area (Å²) in [6.07, 6.45) is 3.42. The predicted molar refractivity (Wildman–Crippen MR) is 88.4 cm³/mol. The maximum atomic E-state index is 12.0. The lowest BCUT2D eigenvalue weighted by atomic mass is 10.0. The second-order valence-corrected chi connectivity index (χ2v) is 6.70. The first-order valence-corrected chi connectivity index (χ1v) is 7.75. The first kappa shape index (κ1) is 17.1. The van der Waals surface area contributed by atoms with Gasteiger partial charge in [-0.2, -0.15) is 0 Å². The van der Waals surface area contributed by atoms with E-state index in [-0.39, 0.29) is 11.7 Å². The third-order valence-electron chi connectivity index (χ3n) is 3.59. The first-order valence-electron chi connectivity index (χ1n) is 7.75. The van der Waals surface area contributed by atoms with Gasteiger partial charge < -0.3 is 14.7 Å². The van der Waals surface area contributed by atoms with Crippen LogP contribution in [0.2, 0.25) is 0 Å². The van der Waals surface area contributed by atoms with Gasteiger partial charge in [-0.05, 0) is 51.3 Å². The zero-order valence-electron chi connectivity index (χ0n) is 13.8. The van der Waals surface area contributed by atoms with Crippen LogP contribution < -0.4 is 0 Å². The van der Waals surface area contributed by atoms with Gasteiger partial charge >= 0.3 is 12.1 Å². The van der Waals surface area contributed by atoms with E-state index in [1.165, 1.54) is 5.57 Å². The van der Waals surface area contributed by atoms with Gasteiger partial charge in [0, 0.05) is 13.1 Å². The molecule has 1 aromatic carbocycles. The minimum atomic E-state index is -0.921. The van der Waals surface area contributed by atoms with Crippen molar-refractivity contribution in [2.24, 2.45) is 0 Å². The van der Waals surface area contributed by atoms with Gasteiger partial charge in [-0.15, -0.1) is 0 Å². The quantitative estimate of drug-likeness (QED) is 0.901. The van der Waals surface area contributed by atoms with Gasteiger partial charge in [-0.1, -0.05) is 23.8 Å². The third-order valence-corrected chi connectivity index (χ3v) is 3.59. The number of hydrogen-bond donors (Lipinski definition) is 1. The number of carboxylic acids is 1. The molecule has 1 aliphatic rings. The normalized spacial score (nSPS) is 15.3.